The van der Waals surface area contributed by atoms with Crippen molar-refractivity contribution in [2.75, 3.05) is 11.4 Å². The maximum atomic E-state index is 5.96. The van der Waals surface area contributed by atoms with Gasteiger partial charge in [-0.2, -0.15) is 0 Å². The molecule has 3 nitrogen and oxygen atoms in total. The molecule has 0 saturated heterocycles. The third-order valence-corrected chi connectivity index (χ3v) is 3.11. The van der Waals surface area contributed by atoms with Gasteiger partial charge in [0, 0.05) is 29.3 Å². The number of benzene rings is 1. The molecule has 0 spiro atoms. The zero-order chi connectivity index (χ0) is 13.1. The van der Waals surface area contributed by atoms with E-state index in [2.05, 4.69) is 28.1 Å². The minimum atomic E-state index is 0.699. The maximum absolute atomic E-state index is 5.96. The molecule has 0 aliphatic carbocycles. The number of anilines is 1. The van der Waals surface area contributed by atoms with Gasteiger partial charge < -0.3 is 10.6 Å². The fourth-order valence-electron chi connectivity index (χ4n) is 2.20. The molecule has 2 N–H and O–H groups in total. The van der Waals surface area contributed by atoms with Gasteiger partial charge in [0.1, 0.15) is 0 Å². The van der Waals surface area contributed by atoms with Gasteiger partial charge in [0.15, 0.2) is 0 Å². The van der Waals surface area contributed by atoms with Crippen LogP contribution in [0.3, 0.4) is 0 Å². The first-order valence-corrected chi connectivity index (χ1v) is 6.24. The summed E-state index contributed by atoms with van der Waals surface area (Å²) in [5, 5.41) is 0. The Morgan fingerprint density at radius 1 is 1.00 bits per heavy atom. The molecule has 2 aromatic rings. The molecule has 2 heterocycles. The first kappa shape index (κ1) is 11.5. The highest BCUT2D eigenvalue weighted by atomic mass is 15.2. The number of allylic oxidation sites excluding steroid dienone is 2. The zero-order valence-electron chi connectivity index (χ0n) is 10.5. The van der Waals surface area contributed by atoms with Crippen LogP contribution >= 0.6 is 0 Å². The molecule has 3 heteroatoms. The van der Waals surface area contributed by atoms with Crippen molar-refractivity contribution in [3.8, 4) is 0 Å². The van der Waals surface area contributed by atoms with E-state index in [1.54, 1.807) is 6.20 Å². The van der Waals surface area contributed by atoms with Gasteiger partial charge in [-0.1, -0.05) is 18.2 Å². The van der Waals surface area contributed by atoms with Gasteiger partial charge >= 0.3 is 0 Å². The second-order valence-corrected chi connectivity index (χ2v) is 4.46. The second kappa shape index (κ2) is 4.98. The summed E-state index contributed by atoms with van der Waals surface area (Å²) in [7, 11) is 0. The lowest BCUT2D eigenvalue weighted by molar-refractivity contribution is 1.01. The molecule has 19 heavy (non-hydrogen) atoms. The van der Waals surface area contributed by atoms with Gasteiger partial charge in [-0.15, -0.1) is 0 Å². The van der Waals surface area contributed by atoms with E-state index in [-0.39, 0.29) is 0 Å². The molecule has 0 unspecified atom stereocenters. The van der Waals surface area contributed by atoms with Crippen LogP contribution in [0.4, 0.5) is 5.69 Å². The summed E-state index contributed by atoms with van der Waals surface area (Å²) in [4.78, 5) is 6.39. The molecule has 3 rings (SSSR count). The highest BCUT2D eigenvalue weighted by Gasteiger charge is 2.17. The average Bonchev–Trinajstić information content (AvgIpc) is 2.49. The number of pyridine rings is 1. The summed E-state index contributed by atoms with van der Waals surface area (Å²) in [6.45, 7) is 0.699. The van der Waals surface area contributed by atoms with Crippen molar-refractivity contribution in [2.24, 2.45) is 5.73 Å². The molecule has 1 aromatic heterocycles. The third kappa shape index (κ3) is 2.36. The highest BCUT2D eigenvalue weighted by Crippen LogP contribution is 2.28. The van der Waals surface area contributed by atoms with E-state index in [4.69, 9.17) is 5.73 Å². The fraction of sp³-hybridized carbons (Fsp3) is 0.0625. The number of nitrogens with two attached hydrogens (primary N) is 1. The van der Waals surface area contributed by atoms with Crippen LogP contribution < -0.4 is 10.6 Å². The van der Waals surface area contributed by atoms with Gasteiger partial charge in [0.2, 0.25) is 0 Å². The standard InChI is InChI=1S/C16H15N3/c17-14-8-9-16(13-5-4-10-18-11-13)19(12-14)15-6-2-1-3-7-15/h1-11H,12,17H2. The Labute approximate surface area is 112 Å². The molecule has 1 aliphatic rings. The topological polar surface area (TPSA) is 42.1 Å². The normalized spacial score (nSPS) is 14.8. The van der Waals surface area contributed by atoms with Crippen LogP contribution in [0.2, 0.25) is 0 Å². The predicted octanol–water partition coefficient (Wildman–Crippen LogP) is 2.79. The van der Waals surface area contributed by atoms with E-state index in [1.165, 1.54) is 0 Å². The summed E-state index contributed by atoms with van der Waals surface area (Å²) >= 11 is 0. The van der Waals surface area contributed by atoms with E-state index in [9.17, 15) is 0 Å². The maximum Gasteiger partial charge on any atom is 0.0626 e. The first-order chi connectivity index (χ1) is 9.34. The van der Waals surface area contributed by atoms with Crippen LogP contribution in [0.25, 0.3) is 5.70 Å². The Balaban J connectivity index is 2.04. The van der Waals surface area contributed by atoms with Crippen molar-refractivity contribution < 1.29 is 0 Å². The lowest BCUT2D eigenvalue weighted by Crippen LogP contribution is -2.29. The van der Waals surface area contributed by atoms with E-state index in [1.807, 2.05) is 42.6 Å². The average molecular weight is 249 g/mol. The Kier molecular flexibility index (Phi) is 3.02. The highest BCUT2D eigenvalue weighted by molar-refractivity contribution is 5.81. The van der Waals surface area contributed by atoms with Crippen LogP contribution in [0.15, 0.2) is 72.7 Å². The largest absolute Gasteiger partial charge is 0.401 e. The fourth-order valence-corrected chi connectivity index (χ4v) is 2.20. The minimum absolute atomic E-state index is 0.699. The van der Waals surface area contributed by atoms with Gasteiger partial charge in [0.05, 0.1) is 12.2 Å². The van der Waals surface area contributed by atoms with Crippen LogP contribution in [0.1, 0.15) is 5.56 Å². The molecule has 94 valence electrons. The van der Waals surface area contributed by atoms with Gasteiger partial charge in [-0.25, -0.2) is 0 Å². The Bertz CT molecular complexity index is 615. The van der Waals surface area contributed by atoms with Crippen LogP contribution in [0, 0.1) is 0 Å². The summed E-state index contributed by atoms with van der Waals surface area (Å²) in [5.74, 6) is 0. The minimum Gasteiger partial charge on any atom is -0.401 e. The molecule has 0 bridgehead atoms. The second-order valence-electron chi connectivity index (χ2n) is 4.46. The quantitative estimate of drug-likeness (QED) is 0.890. The van der Waals surface area contributed by atoms with Crippen molar-refractivity contribution in [3.05, 3.63) is 78.3 Å². The number of rotatable bonds is 2. The van der Waals surface area contributed by atoms with Crippen molar-refractivity contribution in [1.29, 1.82) is 0 Å². The van der Waals surface area contributed by atoms with E-state index < -0.39 is 0 Å². The van der Waals surface area contributed by atoms with Crippen LogP contribution in [-0.2, 0) is 0 Å². The zero-order valence-corrected chi connectivity index (χ0v) is 10.5. The first-order valence-electron chi connectivity index (χ1n) is 6.24. The Morgan fingerprint density at radius 2 is 1.84 bits per heavy atom. The summed E-state index contributed by atoms with van der Waals surface area (Å²) in [6, 6.07) is 14.3. The van der Waals surface area contributed by atoms with Crippen molar-refractivity contribution >= 4 is 11.4 Å². The van der Waals surface area contributed by atoms with Crippen molar-refractivity contribution in [3.63, 3.8) is 0 Å². The molecule has 0 fully saturated rings. The summed E-state index contributed by atoms with van der Waals surface area (Å²) < 4.78 is 0. The third-order valence-electron chi connectivity index (χ3n) is 3.11. The van der Waals surface area contributed by atoms with Crippen LogP contribution in [-0.4, -0.2) is 11.5 Å². The van der Waals surface area contributed by atoms with E-state index in [0.29, 0.717) is 6.54 Å². The Morgan fingerprint density at radius 3 is 2.58 bits per heavy atom. The molecule has 0 saturated carbocycles. The monoisotopic (exact) mass is 249 g/mol. The molecule has 1 aliphatic heterocycles. The predicted molar refractivity (Wildman–Crippen MR) is 78.3 cm³/mol. The molecule has 0 atom stereocenters. The molecule has 1 aromatic carbocycles. The number of nitrogens with zero attached hydrogens (tertiary/aromatic N) is 2. The molecule has 0 amide bonds. The summed E-state index contributed by atoms with van der Waals surface area (Å²) in [6.07, 6.45) is 7.66. The van der Waals surface area contributed by atoms with Crippen molar-refractivity contribution in [2.45, 2.75) is 0 Å². The lowest BCUT2D eigenvalue weighted by atomic mass is 10.1. The number of para-hydroxylation sites is 1. The smallest absolute Gasteiger partial charge is 0.0626 e. The van der Waals surface area contributed by atoms with Gasteiger partial charge in [0.25, 0.3) is 0 Å². The Hall–Kier alpha value is -2.55. The number of hydrogen-bond acceptors (Lipinski definition) is 3. The van der Waals surface area contributed by atoms with E-state index >= 15 is 0 Å². The van der Waals surface area contributed by atoms with E-state index in [0.717, 1.165) is 22.6 Å². The van der Waals surface area contributed by atoms with Crippen molar-refractivity contribution in [1.82, 2.24) is 4.98 Å². The molecular formula is C16H15N3. The van der Waals surface area contributed by atoms with Gasteiger partial charge in [-0.3, -0.25) is 4.98 Å². The lowest BCUT2D eigenvalue weighted by Gasteiger charge is -2.30. The molecule has 0 radical (unpaired) electrons. The van der Waals surface area contributed by atoms with Crippen LogP contribution in [0.5, 0.6) is 0 Å². The van der Waals surface area contributed by atoms with Gasteiger partial charge in [-0.05, 0) is 36.4 Å². The number of hydrogen-bond donors (Lipinski definition) is 1. The SMILES string of the molecule is NC1=CC=C(c2cccnc2)N(c2ccccc2)C1. The summed E-state index contributed by atoms with van der Waals surface area (Å²) in [5.41, 5.74) is 10.2. The molecular weight excluding hydrogens is 234 g/mol. The number of aromatic nitrogens is 1.